The molecule has 5 rings (SSSR count). The van der Waals surface area contributed by atoms with Crippen LogP contribution in [0.2, 0.25) is 0 Å². The third-order valence-electron chi connectivity index (χ3n) is 7.22. The Labute approximate surface area is 106 Å². The molecular formula is C17H26. The highest BCUT2D eigenvalue weighted by molar-refractivity contribution is 5.13. The van der Waals surface area contributed by atoms with E-state index >= 15 is 0 Å². The van der Waals surface area contributed by atoms with Crippen molar-refractivity contribution in [3.05, 3.63) is 0 Å². The quantitative estimate of drug-likeness (QED) is 0.679. The Bertz CT molecular complexity index is 325. The predicted molar refractivity (Wildman–Crippen MR) is 69.3 cm³/mol. The highest BCUT2D eigenvalue weighted by atomic mass is 14.7. The van der Waals surface area contributed by atoms with Gasteiger partial charge in [0, 0.05) is 0 Å². The van der Waals surface area contributed by atoms with E-state index in [1.165, 1.54) is 47.3 Å². The van der Waals surface area contributed by atoms with E-state index in [4.69, 9.17) is 0 Å². The van der Waals surface area contributed by atoms with E-state index in [9.17, 15) is 0 Å². The Morgan fingerprint density at radius 1 is 0.412 bits per heavy atom. The summed E-state index contributed by atoms with van der Waals surface area (Å²) in [4.78, 5) is 0. The first-order valence-corrected chi connectivity index (χ1v) is 8.24. The lowest BCUT2D eigenvalue weighted by Gasteiger charge is -1.99. The van der Waals surface area contributed by atoms with Crippen molar-refractivity contribution in [3.63, 3.8) is 0 Å². The molecule has 0 heteroatoms. The van der Waals surface area contributed by atoms with Gasteiger partial charge in [0.05, 0.1) is 0 Å². The molecule has 0 aliphatic heterocycles. The highest BCUT2D eigenvalue weighted by Gasteiger charge is 2.65. The van der Waals surface area contributed by atoms with Gasteiger partial charge in [0.1, 0.15) is 0 Å². The van der Waals surface area contributed by atoms with Crippen LogP contribution in [0, 0.1) is 59.2 Å². The van der Waals surface area contributed by atoms with E-state index in [1.54, 1.807) is 32.1 Å². The van der Waals surface area contributed by atoms with Crippen molar-refractivity contribution in [1.29, 1.82) is 0 Å². The Kier molecular flexibility index (Phi) is 1.71. The van der Waals surface area contributed by atoms with Crippen LogP contribution in [0.5, 0.6) is 0 Å². The lowest BCUT2D eigenvalue weighted by molar-refractivity contribution is 0.480. The van der Waals surface area contributed by atoms with Crippen molar-refractivity contribution in [2.45, 2.75) is 46.0 Å². The Hall–Kier alpha value is 0. The van der Waals surface area contributed by atoms with Crippen LogP contribution in [-0.4, -0.2) is 0 Å². The van der Waals surface area contributed by atoms with Crippen LogP contribution in [0.15, 0.2) is 0 Å². The van der Waals surface area contributed by atoms with Gasteiger partial charge in [-0.05, 0) is 91.3 Å². The van der Waals surface area contributed by atoms with Gasteiger partial charge in [0.2, 0.25) is 0 Å². The van der Waals surface area contributed by atoms with Gasteiger partial charge in [0.15, 0.2) is 0 Å². The second-order valence-corrected chi connectivity index (χ2v) is 8.44. The summed E-state index contributed by atoms with van der Waals surface area (Å²) in [6.07, 6.45) is 8.06. The van der Waals surface area contributed by atoms with Crippen LogP contribution < -0.4 is 0 Å². The van der Waals surface area contributed by atoms with Gasteiger partial charge >= 0.3 is 0 Å². The second kappa shape index (κ2) is 2.94. The molecule has 5 fully saturated rings. The van der Waals surface area contributed by atoms with Crippen molar-refractivity contribution in [1.82, 2.24) is 0 Å². The zero-order chi connectivity index (χ0) is 11.3. The van der Waals surface area contributed by atoms with E-state index in [0.717, 1.165) is 11.8 Å². The Balaban J connectivity index is 1.15. The van der Waals surface area contributed by atoms with E-state index in [-0.39, 0.29) is 0 Å². The molecule has 0 bridgehead atoms. The van der Waals surface area contributed by atoms with Gasteiger partial charge in [-0.25, -0.2) is 0 Å². The number of rotatable bonds is 4. The summed E-state index contributed by atoms with van der Waals surface area (Å²) in [6.45, 7) is 4.94. The molecule has 0 aromatic rings. The minimum absolute atomic E-state index is 1.10. The summed E-state index contributed by atoms with van der Waals surface area (Å²) < 4.78 is 0. The zero-order valence-corrected chi connectivity index (χ0v) is 11.3. The van der Waals surface area contributed by atoms with Crippen LogP contribution in [0.3, 0.4) is 0 Å². The predicted octanol–water partition coefficient (Wildman–Crippen LogP) is 4.21. The molecule has 10 atom stereocenters. The number of hydrogen-bond donors (Lipinski definition) is 0. The van der Waals surface area contributed by atoms with Crippen molar-refractivity contribution >= 4 is 0 Å². The molecule has 5 aliphatic carbocycles. The average Bonchev–Trinajstić information content (AvgIpc) is 2.97. The van der Waals surface area contributed by atoms with Gasteiger partial charge in [0.25, 0.3) is 0 Å². The van der Waals surface area contributed by atoms with E-state index in [1.807, 2.05) is 0 Å². The standard InChI is InChI=1S/C17H26/c1-8-3-10(8)12-5-14(12)16-7-17(16)15-6-13(15)11-4-9(11)2/h8-17H,3-7H2,1-2H3. The molecule has 0 N–H and O–H groups in total. The third kappa shape index (κ3) is 1.48. The minimum atomic E-state index is 1.10. The van der Waals surface area contributed by atoms with Crippen LogP contribution in [0.1, 0.15) is 46.0 Å². The maximum atomic E-state index is 2.47. The van der Waals surface area contributed by atoms with Crippen LogP contribution in [-0.2, 0) is 0 Å². The summed E-state index contributed by atoms with van der Waals surface area (Å²) in [7, 11) is 0. The van der Waals surface area contributed by atoms with Crippen molar-refractivity contribution in [2.24, 2.45) is 59.2 Å². The smallest absolute Gasteiger partial charge is 0.0349 e. The Morgan fingerprint density at radius 2 is 0.647 bits per heavy atom. The van der Waals surface area contributed by atoms with Crippen LogP contribution >= 0.6 is 0 Å². The first-order valence-electron chi connectivity index (χ1n) is 8.24. The first kappa shape index (κ1) is 9.87. The topological polar surface area (TPSA) is 0 Å². The molecule has 5 aliphatic rings. The minimum Gasteiger partial charge on any atom is -0.0622 e. The molecular weight excluding hydrogens is 204 g/mol. The van der Waals surface area contributed by atoms with Gasteiger partial charge in [-0.1, -0.05) is 13.8 Å². The summed E-state index contributed by atoms with van der Waals surface area (Å²) in [5.41, 5.74) is 0. The van der Waals surface area contributed by atoms with E-state index in [2.05, 4.69) is 13.8 Å². The summed E-state index contributed by atoms with van der Waals surface area (Å²) in [5, 5.41) is 0. The van der Waals surface area contributed by atoms with Crippen molar-refractivity contribution in [2.75, 3.05) is 0 Å². The lowest BCUT2D eigenvalue weighted by atomic mass is 10.1. The molecule has 0 radical (unpaired) electrons. The third-order valence-corrected chi connectivity index (χ3v) is 7.22. The summed E-state index contributed by atoms with van der Waals surface area (Å²) >= 11 is 0. The van der Waals surface area contributed by atoms with Gasteiger partial charge in [-0.3, -0.25) is 0 Å². The molecule has 10 unspecified atom stereocenters. The van der Waals surface area contributed by atoms with E-state index < -0.39 is 0 Å². The normalized spacial score (nSPS) is 70.9. The second-order valence-electron chi connectivity index (χ2n) is 8.44. The summed E-state index contributed by atoms with van der Waals surface area (Å²) in [5.74, 6) is 11.8. The maximum Gasteiger partial charge on any atom is -0.0349 e. The van der Waals surface area contributed by atoms with Crippen LogP contribution in [0.25, 0.3) is 0 Å². The largest absolute Gasteiger partial charge is 0.0622 e. The van der Waals surface area contributed by atoms with Gasteiger partial charge in [-0.2, -0.15) is 0 Å². The van der Waals surface area contributed by atoms with Crippen molar-refractivity contribution < 1.29 is 0 Å². The highest BCUT2D eigenvalue weighted by Crippen LogP contribution is 2.72. The average molecular weight is 230 g/mol. The zero-order valence-electron chi connectivity index (χ0n) is 11.3. The Morgan fingerprint density at radius 3 is 0.882 bits per heavy atom. The molecule has 0 amide bonds. The SMILES string of the molecule is CC1CC1C1CC1C1CC1C1CC1C1CC1C. The van der Waals surface area contributed by atoms with Gasteiger partial charge in [-0.15, -0.1) is 0 Å². The molecule has 17 heavy (non-hydrogen) atoms. The van der Waals surface area contributed by atoms with Gasteiger partial charge < -0.3 is 0 Å². The van der Waals surface area contributed by atoms with E-state index in [0.29, 0.717) is 0 Å². The molecule has 0 spiro atoms. The molecule has 5 saturated carbocycles. The van der Waals surface area contributed by atoms with Crippen LogP contribution in [0.4, 0.5) is 0 Å². The molecule has 0 aromatic carbocycles. The maximum absolute atomic E-state index is 2.47. The fourth-order valence-electron chi connectivity index (χ4n) is 5.56. The molecule has 0 heterocycles. The number of hydrogen-bond acceptors (Lipinski definition) is 0. The lowest BCUT2D eigenvalue weighted by Crippen LogP contribution is -1.95. The molecule has 0 nitrogen and oxygen atoms in total. The molecule has 0 aromatic heterocycles. The molecule has 94 valence electrons. The summed E-state index contributed by atoms with van der Waals surface area (Å²) in [6, 6.07) is 0. The fraction of sp³-hybridized carbons (Fsp3) is 1.00. The first-order chi connectivity index (χ1) is 8.24. The fourth-order valence-corrected chi connectivity index (χ4v) is 5.56. The van der Waals surface area contributed by atoms with Crippen molar-refractivity contribution in [3.8, 4) is 0 Å². The molecule has 0 saturated heterocycles. The monoisotopic (exact) mass is 230 g/mol.